The molecule has 3 aromatic rings. The Hall–Kier alpha value is -2.24. The first-order valence-electron chi connectivity index (χ1n) is 7.85. The van der Waals surface area contributed by atoms with E-state index in [0.717, 1.165) is 41.3 Å². The van der Waals surface area contributed by atoms with Crippen LogP contribution in [0.4, 0.5) is 5.69 Å². The molecule has 1 aliphatic heterocycles. The van der Waals surface area contributed by atoms with Gasteiger partial charge >= 0.3 is 0 Å². The van der Waals surface area contributed by atoms with E-state index in [2.05, 4.69) is 10.3 Å². The summed E-state index contributed by atoms with van der Waals surface area (Å²) in [7, 11) is 0. The summed E-state index contributed by atoms with van der Waals surface area (Å²) >= 11 is 6.21. The van der Waals surface area contributed by atoms with Crippen molar-refractivity contribution >= 4 is 28.2 Å². The van der Waals surface area contributed by atoms with Crippen molar-refractivity contribution in [1.29, 1.82) is 0 Å². The van der Waals surface area contributed by atoms with Crippen LogP contribution in [0.1, 0.15) is 5.76 Å². The lowest BCUT2D eigenvalue weighted by molar-refractivity contribution is -0.0506. The molecule has 124 valence electrons. The minimum atomic E-state index is 0.424. The molecule has 6 heteroatoms. The summed E-state index contributed by atoms with van der Waals surface area (Å²) < 4.78 is 16.5. The Bertz CT molecular complexity index is 832. The van der Waals surface area contributed by atoms with Crippen LogP contribution in [0.15, 0.2) is 47.1 Å². The fourth-order valence-electron chi connectivity index (χ4n) is 2.64. The molecule has 1 aliphatic rings. The molecule has 24 heavy (non-hydrogen) atoms. The highest BCUT2D eigenvalue weighted by Gasteiger charge is 2.20. The lowest BCUT2D eigenvalue weighted by Crippen LogP contribution is -2.32. The normalized spacial score (nSPS) is 14.5. The van der Waals surface area contributed by atoms with Crippen LogP contribution >= 0.6 is 11.6 Å². The molecule has 3 heterocycles. The van der Waals surface area contributed by atoms with E-state index in [4.69, 9.17) is 25.5 Å². The van der Waals surface area contributed by atoms with Gasteiger partial charge < -0.3 is 19.2 Å². The number of hydrogen-bond acceptors (Lipinski definition) is 5. The Morgan fingerprint density at radius 3 is 2.92 bits per heavy atom. The Kier molecular flexibility index (Phi) is 4.28. The lowest BCUT2D eigenvalue weighted by atomic mass is 10.1. The van der Waals surface area contributed by atoms with Gasteiger partial charge in [0, 0.05) is 17.0 Å². The van der Waals surface area contributed by atoms with Crippen molar-refractivity contribution in [1.82, 2.24) is 4.98 Å². The quantitative estimate of drug-likeness (QED) is 0.682. The summed E-state index contributed by atoms with van der Waals surface area (Å²) in [6.07, 6.45) is 1.66. The molecular formula is C18H17ClN2O3. The molecule has 1 fully saturated rings. The van der Waals surface area contributed by atoms with Crippen molar-refractivity contribution in [3.8, 4) is 5.75 Å². The number of benzene rings is 1. The fraction of sp³-hybridized carbons (Fsp3) is 0.278. The van der Waals surface area contributed by atoms with Crippen molar-refractivity contribution in [2.24, 2.45) is 5.92 Å². The highest BCUT2D eigenvalue weighted by molar-refractivity contribution is 6.30. The van der Waals surface area contributed by atoms with Crippen molar-refractivity contribution < 1.29 is 13.9 Å². The van der Waals surface area contributed by atoms with E-state index < -0.39 is 0 Å². The maximum absolute atomic E-state index is 6.21. The standard InChI is InChI=1S/C18H17ClN2O3/c19-17-7-15(20-8-13-3-2-6-23-13)14-4-1-5-16(18(14)21-17)24-11-12-9-22-10-12/h1-7,12H,8-11H2,(H,20,21). The van der Waals surface area contributed by atoms with Gasteiger partial charge in [-0.1, -0.05) is 23.7 Å². The second kappa shape index (κ2) is 6.71. The SMILES string of the molecule is Clc1cc(NCc2ccco2)c2cccc(OCC3COC3)c2n1. The van der Waals surface area contributed by atoms with Gasteiger partial charge in [-0.15, -0.1) is 0 Å². The average molecular weight is 345 g/mol. The molecule has 0 unspecified atom stereocenters. The zero-order valence-electron chi connectivity index (χ0n) is 13.0. The molecule has 0 radical (unpaired) electrons. The second-order valence-corrected chi connectivity index (χ2v) is 6.18. The number of aromatic nitrogens is 1. The van der Waals surface area contributed by atoms with Crippen molar-refractivity contribution in [3.63, 3.8) is 0 Å². The molecule has 1 N–H and O–H groups in total. The Balaban J connectivity index is 1.61. The molecule has 2 aromatic heterocycles. The number of nitrogens with one attached hydrogen (secondary N) is 1. The molecule has 1 aromatic carbocycles. The van der Waals surface area contributed by atoms with Crippen LogP contribution in [0.2, 0.25) is 5.15 Å². The van der Waals surface area contributed by atoms with Crippen LogP contribution in [0.3, 0.4) is 0 Å². The van der Waals surface area contributed by atoms with Crippen LogP contribution in [0.25, 0.3) is 10.9 Å². The van der Waals surface area contributed by atoms with Gasteiger partial charge in [0.2, 0.25) is 0 Å². The third kappa shape index (κ3) is 3.18. The van der Waals surface area contributed by atoms with Crippen LogP contribution in [-0.4, -0.2) is 24.8 Å². The van der Waals surface area contributed by atoms with E-state index in [-0.39, 0.29) is 0 Å². The second-order valence-electron chi connectivity index (χ2n) is 5.79. The molecule has 0 saturated carbocycles. The van der Waals surface area contributed by atoms with E-state index in [0.29, 0.717) is 24.2 Å². The van der Waals surface area contributed by atoms with Crippen molar-refractivity contribution in [2.45, 2.75) is 6.54 Å². The first-order chi connectivity index (χ1) is 11.8. The third-order valence-electron chi connectivity index (χ3n) is 3.99. The Morgan fingerprint density at radius 2 is 2.17 bits per heavy atom. The van der Waals surface area contributed by atoms with Gasteiger partial charge in [0.25, 0.3) is 0 Å². The van der Waals surface area contributed by atoms with Crippen LogP contribution in [0, 0.1) is 5.92 Å². The largest absolute Gasteiger partial charge is 0.491 e. The fourth-order valence-corrected chi connectivity index (χ4v) is 2.83. The van der Waals surface area contributed by atoms with Gasteiger partial charge in [-0.05, 0) is 24.3 Å². The number of furan rings is 1. The number of pyridine rings is 1. The summed E-state index contributed by atoms with van der Waals surface area (Å²) in [6, 6.07) is 11.5. The smallest absolute Gasteiger partial charge is 0.145 e. The van der Waals surface area contributed by atoms with Gasteiger partial charge in [-0.2, -0.15) is 0 Å². The Morgan fingerprint density at radius 1 is 1.25 bits per heavy atom. The minimum Gasteiger partial charge on any atom is -0.491 e. The number of ether oxygens (including phenoxy) is 2. The van der Waals surface area contributed by atoms with E-state index in [9.17, 15) is 0 Å². The number of anilines is 1. The zero-order chi connectivity index (χ0) is 16.4. The van der Waals surface area contributed by atoms with Crippen LogP contribution in [0.5, 0.6) is 5.75 Å². The molecule has 0 atom stereocenters. The van der Waals surface area contributed by atoms with E-state index in [1.54, 1.807) is 6.26 Å². The van der Waals surface area contributed by atoms with E-state index in [1.165, 1.54) is 0 Å². The lowest BCUT2D eigenvalue weighted by Gasteiger charge is -2.25. The first kappa shape index (κ1) is 15.3. The van der Waals surface area contributed by atoms with Crippen molar-refractivity contribution in [3.05, 3.63) is 53.6 Å². The molecule has 0 spiro atoms. The number of nitrogens with zero attached hydrogens (tertiary/aromatic N) is 1. The van der Waals surface area contributed by atoms with Crippen LogP contribution < -0.4 is 10.1 Å². The predicted molar refractivity (Wildman–Crippen MR) is 92.6 cm³/mol. The highest BCUT2D eigenvalue weighted by Crippen LogP contribution is 2.32. The summed E-state index contributed by atoms with van der Waals surface area (Å²) in [4.78, 5) is 4.45. The number of para-hydroxylation sites is 1. The maximum Gasteiger partial charge on any atom is 0.145 e. The van der Waals surface area contributed by atoms with Gasteiger partial charge in [-0.3, -0.25) is 0 Å². The van der Waals surface area contributed by atoms with Gasteiger partial charge in [-0.25, -0.2) is 4.98 Å². The molecule has 4 rings (SSSR count). The number of halogens is 1. The molecule has 0 amide bonds. The minimum absolute atomic E-state index is 0.424. The maximum atomic E-state index is 6.21. The highest BCUT2D eigenvalue weighted by atomic mass is 35.5. The topological polar surface area (TPSA) is 56.5 Å². The Labute approximate surface area is 144 Å². The summed E-state index contributed by atoms with van der Waals surface area (Å²) in [6.45, 7) is 2.72. The monoisotopic (exact) mass is 344 g/mol. The van der Waals surface area contributed by atoms with E-state index in [1.807, 2.05) is 36.4 Å². The molecule has 1 saturated heterocycles. The zero-order valence-corrected chi connectivity index (χ0v) is 13.8. The molecule has 5 nitrogen and oxygen atoms in total. The number of hydrogen-bond donors (Lipinski definition) is 1. The van der Waals surface area contributed by atoms with E-state index >= 15 is 0 Å². The molecule has 0 aliphatic carbocycles. The summed E-state index contributed by atoms with van der Waals surface area (Å²) in [5.41, 5.74) is 1.66. The summed E-state index contributed by atoms with van der Waals surface area (Å²) in [5.74, 6) is 2.05. The van der Waals surface area contributed by atoms with Crippen LogP contribution in [-0.2, 0) is 11.3 Å². The predicted octanol–water partition coefficient (Wildman–Crippen LogP) is 4.12. The number of rotatable bonds is 6. The summed E-state index contributed by atoms with van der Waals surface area (Å²) in [5, 5.41) is 4.74. The number of fused-ring (bicyclic) bond motifs is 1. The van der Waals surface area contributed by atoms with Gasteiger partial charge in [0.15, 0.2) is 0 Å². The van der Waals surface area contributed by atoms with Gasteiger partial charge in [0.1, 0.15) is 22.2 Å². The average Bonchev–Trinajstić information content (AvgIpc) is 3.05. The first-order valence-corrected chi connectivity index (χ1v) is 8.23. The third-order valence-corrected chi connectivity index (χ3v) is 4.18. The van der Waals surface area contributed by atoms with Crippen molar-refractivity contribution in [2.75, 3.05) is 25.1 Å². The molecular weight excluding hydrogens is 328 g/mol. The van der Waals surface area contributed by atoms with Gasteiger partial charge in [0.05, 0.1) is 32.6 Å². The molecule has 0 bridgehead atoms.